The molecule has 1 atom stereocenters. The highest BCUT2D eigenvalue weighted by molar-refractivity contribution is 5.65. The van der Waals surface area contributed by atoms with Crippen LogP contribution >= 0.6 is 0 Å². The van der Waals surface area contributed by atoms with Gasteiger partial charge in [-0.1, -0.05) is 25.8 Å². The van der Waals surface area contributed by atoms with Crippen LogP contribution in [0.3, 0.4) is 0 Å². The number of aliphatic hydroxyl groups excluding tert-OH is 1. The number of alkyl halides is 3. The Labute approximate surface area is 207 Å². The fraction of sp³-hybridized carbons (Fsp3) is 0.385. The molecule has 0 saturated carbocycles. The van der Waals surface area contributed by atoms with Crippen molar-refractivity contribution in [2.24, 2.45) is 11.3 Å². The molecule has 7 nitrogen and oxygen atoms in total. The van der Waals surface area contributed by atoms with Crippen LogP contribution in [0.1, 0.15) is 51.4 Å². The molecule has 0 radical (unpaired) electrons. The molecule has 0 bridgehead atoms. The van der Waals surface area contributed by atoms with Gasteiger partial charge in [-0.15, -0.1) is 0 Å². The van der Waals surface area contributed by atoms with Crippen molar-refractivity contribution in [2.75, 3.05) is 0 Å². The first-order chi connectivity index (χ1) is 16.7. The predicted molar refractivity (Wildman–Crippen MR) is 130 cm³/mol. The standard InChI is InChI=1S/C26H28F3N5O2/c1-15(2)24(36)32-12-16-6-7-19(26(27,28)29)18(10-16)23-33-20(11-22(35)34-23)21-14-30-17(13-31-21)8-9-25(3,4)5/h6-7,10-11,13-15,24,32,36H,12H2,1-5H3,(H,33,34,35). The molecule has 0 spiro atoms. The van der Waals surface area contributed by atoms with E-state index in [1.807, 2.05) is 34.6 Å². The van der Waals surface area contributed by atoms with Crippen LogP contribution in [0, 0.1) is 23.2 Å². The smallest absolute Gasteiger partial charge is 0.378 e. The summed E-state index contributed by atoms with van der Waals surface area (Å²) in [6, 6.07) is 4.69. The Hall–Kier alpha value is -3.55. The minimum Gasteiger partial charge on any atom is -0.378 e. The SMILES string of the molecule is CC(C)C(O)NCc1ccc(C(F)(F)F)c(-c2nc(-c3cnc(C#CC(C)(C)C)cn3)cc(=O)[nH]2)c1. The largest absolute Gasteiger partial charge is 0.417 e. The number of aromatic nitrogens is 4. The van der Waals surface area contributed by atoms with Gasteiger partial charge in [-0.3, -0.25) is 15.1 Å². The van der Waals surface area contributed by atoms with E-state index in [4.69, 9.17) is 0 Å². The molecule has 3 rings (SSSR count). The van der Waals surface area contributed by atoms with Gasteiger partial charge in [-0.05, 0) is 50.3 Å². The summed E-state index contributed by atoms with van der Waals surface area (Å²) in [6.45, 7) is 9.60. The van der Waals surface area contributed by atoms with Gasteiger partial charge in [0.2, 0.25) is 0 Å². The molecule has 190 valence electrons. The number of nitrogens with one attached hydrogen (secondary N) is 2. The van der Waals surface area contributed by atoms with Crippen molar-refractivity contribution in [1.82, 2.24) is 25.3 Å². The van der Waals surface area contributed by atoms with Gasteiger partial charge in [0.05, 0.1) is 23.7 Å². The molecular formula is C26H28F3N5O2. The zero-order valence-corrected chi connectivity index (χ0v) is 20.7. The predicted octanol–water partition coefficient (Wildman–Crippen LogP) is 4.37. The number of hydrogen-bond acceptors (Lipinski definition) is 6. The first-order valence-electron chi connectivity index (χ1n) is 11.3. The number of benzene rings is 1. The summed E-state index contributed by atoms with van der Waals surface area (Å²) >= 11 is 0. The Morgan fingerprint density at radius 2 is 1.81 bits per heavy atom. The van der Waals surface area contributed by atoms with Gasteiger partial charge in [0.25, 0.3) is 5.56 Å². The van der Waals surface area contributed by atoms with Crippen LogP contribution in [0.25, 0.3) is 22.8 Å². The molecule has 10 heteroatoms. The summed E-state index contributed by atoms with van der Waals surface area (Å²) in [6.07, 6.45) is -2.71. The molecule has 0 saturated heterocycles. The Morgan fingerprint density at radius 1 is 1.08 bits per heavy atom. The molecule has 2 aromatic heterocycles. The topological polar surface area (TPSA) is 104 Å². The third-order valence-corrected chi connectivity index (χ3v) is 5.01. The summed E-state index contributed by atoms with van der Waals surface area (Å²) < 4.78 is 41.4. The monoisotopic (exact) mass is 499 g/mol. The lowest BCUT2D eigenvalue weighted by Crippen LogP contribution is -2.32. The average Bonchev–Trinajstić information content (AvgIpc) is 2.79. The Morgan fingerprint density at radius 3 is 2.39 bits per heavy atom. The maximum atomic E-state index is 13.8. The van der Waals surface area contributed by atoms with Gasteiger partial charge >= 0.3 is 6.18 Å². The number of halogens is 3. The molecule has 0 fully saturated rings. The maximum absolute atomic E-state index is 13.8. The molecule has 1 unspecified atom stereocenters. The molecular weight excluding hydrogens is 471 g/mol. The lowest BCUT2D eigenvalue weighted by molar-refractivity contribution is -0.137. The molecule has 0 amide bonds. The first-order valence-corrected chi connectivity index (χ1v) is 11.3. The normalized spacial score (nSPS) is 12.8. The van der Waals surface area contributed by atoms with Crippen LogP contribution in [0.5, 0.6) is 0 Å². The maximum Gasteiger partial charge on any atom is 0.417 e. The van der Waals surface area contributed by atoms with Gasteiger partial charge in [0, 0.05) is 23.6 Å². The molecule has 3 aromatic rings. The van der Waals surface area contributed by atoms with Crippen molar-refractivity contribution in [3.05, 3.63) is 63.8 Å². The summed E-state index contributed by atoms with van der Waals surface area (Å²) in [5, 5.41) is 12.8. The van der Waals surface area contributed by atoms with E-state index in [1.165, 1.54) is 24.5 Å². The minimum absolute atomic E-state index is 0.0727. The molecule has 0 aliphatic carbocycles. The quantitative estimate of drug-likeness (QED) is 0.344. The highest BCUT2D eigenvalue weighted by Crippen LogP contribution is 2.36. The van der Waals surface area contributed by atoms with Gasteiger partial charge in [0.15, 0.2) is 0 Å². The van der Waals surface area contributed by atoms with Gasteiger partial charge in [-0.2, -0.15) is 13.2 Å². The fourth-order valence-corrected chi connectivity index (χ4v) is 3.10. The third-order valence-electron chi connectivity index (χ3n) is 5.01. The number of nitrogens with zero attached hydrogens (tertiary/aromatic N) is 3. The molecule has 1 aromatic carbocycles. The van der Waals surface area contributed by atoms with E-state index in [2.05, 4.69) is 37.1 Å². The van der Waals surface area contributed by atoms with E-state index in [0.29, 0.717) is 11.3 Å². The van der Waals surface area contributed by atoms with E-state index in [-0.39, 0.29) is 40.7 Å². The van der Waals surface area contributed by atoms with Crippen LogP contribution in [-0.2, 0) is 12.7 Å². The van der Waals surface area contributed by atoms with Gasteiger partial charge in [-0.25, -0.2) is 9.97 Å². The summed E-state index contributed by atoms with van der Waals surface area (Å²) in [7, 11) is 0. The second-order valence-electron chi connectivity index (χ2n) is 9.71. The van der Waals surface area contributed by atoms with Crippen LogP contribution < -0.4 is 10.9 Å². The van der Waals surface area contributed by atoms with E-state index in [0.717, 1.165) is 12.1 Å². The first kappa shape index (κ1) is 27.0. The zero-order chi connectivity index (χ0) is 26.7. The highest BCUT2D eigenvalue weighted by atomic mass is 19.4. The number of H-pyrrole nitrogens is 1. The Bertz CT molecular complexity index is 1330. The molecule has 0 aliphatic heterocycles. The average molecular weight is 500 g/mol. The van der Waals surface area contributed by atoms with Gasteiger partial charge < -0.3 is 10.1 Å². The van der Waals surface area contributed by atoms with Crippen molar-refractivity contribution in [2.45, 2.75) is 53.6 Å². The van der Waals surface area contributed by atoms with Crippen molar-refractivity contribution < 1.29 is 18.3 Å². The van der Waals surface area contributed by atoms with E-state index >= 15 is 0 Å². The van der Waals surface area contributed by atoms with Crippen LogP contribution in [0.2, 0.25) is 0 Å². The number of hydrogen-bond donors (Lipinski definition) is 3. The minimum atomic E-state index is -4.68. The highest BCUT2D eigenvalue weighted by Gasteiger charge is 2.34. The fourth-order valence-electron chi connectivity index (χ4n) is 3.10. The van der Waals surface area contributed by atoms with Gasteiger partial charge in [0.1, 0.15) is 23.4 Å². The second-order valence-corrected chi connectivity index (χ2v) is 9.71. The summed E-state index contributed by atoms with van der Waals surface area (Å²) in [5.41, 5.74) is -0.917. The van der Waals surface area contributed by atoms with Crippen LogP contribution in [0.15, 0.2) is 41.5 Å². The molecule has 0 aliphatic rings. The lowest BCUT2D eigenvalue weighted by atomic mass is 9.98. The lowest BCUT2D eigenvalue weighted by Gasteiger charge is -2.18. The van der Waals surface area contributed by atoms with E-state index in [1.54, 1.807) is 0 Å². The van der Waals surface area contributed by atoms with Crippen LogP contribution in [-0.4, -0.2) is 31.3 Å². The molecule has 36 heavy (non-hydrogen) atoms. The Balaban J connectivity index is 2.02. The number of rotatable bonds is 6. The third kappa shape index (κ3) is 7.23. The zero-order valence-electron chi connectivity index (χ0n) is 20.7. The van der Waals surface area contributed by atoms with Crippen LogP contribution in [0.4, 0.5) is 13.2 Å². The Kier molecular flexibility index (Phi) is 7.96. The summed E-state index contributed by atoms with van der Waals surface area (Å²) in [4.78, 5) is 27.5. The number of aliphatic hydroxyl groups is 1. The second kappa shape index (κ2) is 10.6. The van der Waals surface area contributed by atoms with Crippen molar-refractivity contribution in [3.8, 4) is 34.6 Å². The van der Waals surface area contributed by atoms with Crippen molar-refractivity contribution >= 4 is 0 Å². The number of aromatic amines is 1. The van der Waals surface area contributed by atoms with E-state index < -0.39 is 23.5 Å². The molecule has 3 N–H and O–H groups in total. The van der Waals surface area contributed by atoms with Crippen molar-refractivity contribution in [1.29, 1.82) is 0 Å². The van der Waals surface area contributed by atoms with Crippen molar-refractivity contribution in [3.63, 3.8) is 0 Å². The molecule has 2 heterocycles. The summed E-state index contributed by atoms with van der Waals surface area (Å²) in [5.74, 6) is 5.61. The van der Waals surface area contributed by atoms with E-state index in [9.17, 15) is 23.1 Å².